The molecule has 0 unspecified atom stereocenters. The minimum atomic E-state index is -0.0912. The average molecular weight is 526 g/mol. The van der Waals surface area contributed by atoms with Crippen molar-refractivity contribution in [2.75, 3.05) is 20.8 Å². The predicted molar refractivity (Wildman–Crippen MR) is 145 cm³/mol. The van der Waals surface area contributed by atoms with Crippen molar-refractivity contribution in [1.29, 1.82) is 0 Å². The molecule has 1 aliphatic rings. The van der Waals surface area contributed by atoms with E-state index in [1.54, 1.807) is 19.1 Å². The molecule has 1 saturated heterocycles. The highest BCUT2D eigenvalue weighted by Gasteiger charge is 2.31. The standard InChI is InChI=1S/C27H24ClNO4S2/c1-31-21-10-7-18(8-11-21)13-14-29-26(30)25(35-27(29)34)16-19-9-12-23(24(15-19)32-2)33-17-20-5-3-4-6-22(20)28/h3-12,15-16H,13-14,17H2,1-2H3. The van der Waals surface area contributed by atoms with E-state index in [0.29, 0.717) is 45.3 Å². The Morgan fingerprint density at radius 3 is 2.49 bits per heavy atom. The number of ether oxygens (including phenoxy) is 3. The van der Waals surface area contributed by atoms with Gasteiger partial charge in [0.25, 0.3) is 5.91 Å². The second-order valence-electron chi connectivity index (χ2n) is 7.72. The zero-order valence-corrected chi connectivity index (χ0v) is 21.7. The van der Waals surface area contributed by atoms with Crippen LogP contribution in [0.2, 0.25) is 5.02 Å². The van der Waals surface area contributed by atoms with Crippen molar-refractivity contribution in [3.8, 4) is 17.2 Å². The van der Waals surface area contributed by atoms with E-state index in [1.165, 1.54) is 11.8 Å². The number of carbonyl (C=O) groups is 1. The molecule has 4 rings (SSSR count). The molecular weight excluding hydrogens is 502 g/mol. The quantitative estimate of drug-likeness (QED) is 0.238. The first-order valence-corrected chi connectivity index (χ1v) is 12.5. The van der Waals surface area contributed by atoms with Crippen LogP contribution in [0.5, 0.6) is 17.2 Å². The number of carbonyl (C=O) groups excluding carboxylic acids is 1. The van der Waals surface area contributed by atoms with Gasteiger partial charge in [-0.2, -0.15) is 0 Å². The first kappa shape index (κ1) is 25.1. The molecule has 3 aromatic carbocycles. The number of thioether (sulfide) groups is 1. The summed E-state index contributed by atoms with van der Waals surface area (Å²) in [4.78, 5) is 15.2. The molecule has 35 heavy (non-hydrogen) atoms. The minimum absolute atomic E-state index is 0.0912. The summed E-state index contributed by atoms with van der Waals surface area (Å²) in [5.74, 6) is 1.88. The summed E-state index contributed by atoms with van der Waals surface area (Å²) in [6, 6.07) is 20.9. The fourth-order valence-corrected chi connectivity index (χ4v) is 5.04. The monoisotopic (exact) mass is 525 g/mol. The second-order valence-corrected chi connectivity index (χ2v) is 9.80. The topological polar surface area (TPSA) is 48.0 Å². The zero-order chi connectivity index (χ0) is 24.8. The molecule has 0 aromatic heterocycles. The van der Waals surface area contributed by atoms with E-state index >= 15 is 0 Å². The number of halogens is 1. The maximum atomic E-state index is 13.0. The smallest absolute Gasteiger partial charge is 0.266 e. The SMILES string of the molecule is COc1ccc(CCN2C(=O)C(=Cc3ccc(OCc4ccccc4Cl)c(OC)c3)SC2=S)cc1. The first-order valence-electron chi connectivity index (χ1n) is 10.9. The molecule has 0 atom stereocenters. The van der Waals surface area contributed by atoms with Gasteiger partial charge in [-0.05, 0) is 54.0 Å². The van der Waals surface area contributed by atoms with Crippen LogP contribution in [-0.4, -0.2) is 35.9 Å². The highest BCUT2D eigenvalue weighted by molar-refractivity contribution is 8.26. The molecule has 0 saturated carbocycles. The lowest BCUT2D eigenvalue weighted by atomic mass is 10.1. The average Bonchev–Trinajstić information content (AvgIpc) is 3.14. The fraction of sp³-hybridized carbons (Fsp3) is 0.185. The Morgan fingerprint density at radius 1 is 1.00 bits per heavy atom. The molecular formula is C27H24ClNO4S2. The Bertz CT molecular complexity index is 1260. The maximum Gasteiger partial charge on any atom is 0.266 e. The normalized spacial score (nSPS) is 14.5. The maximum absolute atomic E-state index is 13.0. The van der Waals surface area contributed by atoms with Crippen molar-refractivity contribution in [2.24, 2.45) is 0 Å². The third kappa shape index (κ3) is 6.17. The van der Waals surface area contributed by atoms with Crippen molar-refractivity contribution >= 4 is 51.9 Å². The van der Waals surface area contributed by atoms with Crippen molar-refractivity contribution in [1.82, 2.24) is 4.90 Å². The Morgan fingerprint density at radius 2 is 1.77 bits per heavy atom. The van der Waals surface area contributed by atoms with Crippen LogP contribution in [0.1, 0.15) is 16.7 Å². The Kier molecular flexibility index (Phi) is 8.33. The molecule has 1 heterocycles. The van der Waals surface area contributed by atoms with Crippen molar-refractivity contribution in [3.63, 3.8) is 0 Å². The predicted octanol–water partition coefficient (Wildman–Crippen LogP) is 6.38. The van der Waals surface area contributed by atoms with Gasteiger partial charge in [0.2, 0.25) is 0 Å². The second kappa shape index (κ2) is 11.6. The molecule has 0 spiro atoms. The zero-order valence-electron chi connectivity index (χ0n) is 19.3. The number of hydrogen-bond acceptors (Lipinski definition) is 6. The largest absolute Gasteiger partial charge is 0.497 e. The highest BCUT2D eigenvalue weighted by Crippen LogP contribution is 2.35. The Labute approximate surface area is 219 Å². The number of methoxy groups -OCH3 is 2. The van der Waals surface area contributed by atoms with E-state index in [2.05, 4.69) is 0 Å². The van der Waals surface area contributed by atoms with E-state index in [4.69, 9.17) is 38.0 Å². The molecule has 5 nitrogen and oxygen atoms in total. The summed E-state index contributed by atoms with van der Waals surface area (Å²) in [6.07, 6.45) is 2.53. The third-order valence-corrected chi connectivity index (χ3v) is 7.23. The van der Waals surface area contributed by atoms with E-state index in [-0.39, 0.29) is 5.91 Å². The van der Waals surface area contributed by atoms with Crippen LogP contribution in [-0.2, 0) is 17.8 Å². The van der Waals surface area contributed by atoms with Crippen molar-refractivity contribution < 1.29 is 19.0 Å². The van der Waals surface area contributed by atoms with Crippen LogP contribution in [0.25, 0.3) is 6.08 Å². The molecule has 1 aliphatic heterocycles. The molecule has 180 valence electrons. The van der Waals surface area contributed by atoms with Crippen LogP contribution in [0.15, 0.2) is 71.6 Å². The van der Waals surface area contributed by atoms with Crippen LogP contribution in [0.4, 0.5) is 0 Å². The lowest BCUT2D eigenvalue weighted by molar-refractivity contribution is -0.122. The Balaban J connectivity index is 1.43. The summed E-state index contributed by atoms with van der Waals surface area (Å²) >= 11 is 13.0. The molecule has 8 heteroatoms. The Hall–Kier alpha value is -3.00. The van der Waals surface area contributed by atoms with Gasteiger partial charge in [-0.15, -0.1) is 0 Å². The summed E-state index contributed by atoms with van der Waals surface area (Å²) < 4.78 is 17.2. The van der Waals surface area contributed by atoms with Gasteiger partial charge in [-0.1, -0.05) is 72.0 Å². The van der Waals surface area contributed by atoms with E-state index in [0.717, 1.165) is 22.4 Å². The number of nitrogens with zero attached hydrogens (tertiary/aromatic N) is 1. The van der Waals surface area contributed by atoms with Crippen LogP contribution in [0.3, 0.4) is 0 Å². The van der Waals surface area contributed by atoms with Crippen LogP contribution < -0.4 is 14.2 Å². The molecule has 0 radical (unpaired) electrons. The van der Waals surface area contributed by atoms with E-state index in [1.807, 2.05) is 72.8 Å². The summed E-state index contributed by atoms with van der Waals surface area (Å²) in [5, 5.41) is 0.650. The van der Waals surface area contributed by atoms with Gasteiger partial charge < -0.3 is 14.2 Å². The van der Waals surface area contributed by atoms with Crippen molar-refractivity contribution in [2.45, 2.75) is 13.0 Å². The van der Waals surface area contributed by atoms with Gasteiger partial charge in [0.05, 0.1) is 19.1 Å². The number of rotatable bonds is 9. The minimum Gasteiger partial charge on any atom is -0.497 e. The molecule has 1 amide bonds. The van der Waals surface area contributed by atoms with Gasteiger partial charge >= 0.3 is 0 Å². The van der Waals surface area contributed by atoms with Gasteiger partial charge in [0, 0.05) is 17.1 Å². The van der Waals surface area contributed by atoms with E-state index < -0.39 is 0 Å². The van der Waals surface area contributed by atoms with Gasteiger partial charge in [-0.25, -0.2) is 0 Å². The van der Waals surface area contributed by atoms with Crippen LogP contribution in [0, 0.1) is 0 Å². The third-order valence-electron chi connectivity index (χ3n) is 5.48. The fourth-order valence-electron chi connectivity index (χ4n) is 3.54. The first-order chi connectivity index (χ1) is 17.0. The number of benzene rings is 3. The lowest BCUT2D eigenvalue weighted by Crippen LogP contribution is -2.30. The highest BCUT2D eigenvalue weighted by atomic mass is 35.5. The van der Waals surface area contributed by atoms with Gasteiger partial charge in [-0.3, -0.25) is 9.69 Å². The molecule has 1 fully saturated rings. The summed E-state index contributed by atoms with van der Waals surface area (Å²) in [7, 11) is 3.22. The van der Waals surface area contributed by atoms with Crippen molar-refractivity contribution in [3.05, 3.63) is 93.3 Å². The number of hydrogen-bond donors (Lipinski definition) is 0. The number of thiocarbonyl (C=S) groups is 1. The molecule has 0 bridgehead atoms. The lowest BCUT2D eigenvalue weighted by Gasteiger charge is -2.14. The van der Waals surface area contributed by atoms with Crippen LogP contribution >= 0.6 is 35.6 Å². The van der Waals surface area contributed by atoms with E-state index in [9.17, 15) is 4.79 Å². The van der Waals surface area contributed by atoms with Gasteiger partial charge in [0.1, 0.15) is 16.7 Å². The number of amides is 1. The summed E-state index contributed by atoms with van der Waals surface area (Å²) in [6.45, 7) is 0.842. The van der Waals surface area contributed by atoms with Gasteiger partial charge in [0.15, 0.2) is 11.5 Å². The molecule has 3 aromatic rings. The molecule has 0 N–H and O–H groups in total. The molecule has 0 aliphatic carbocycles. The summed E-state index contributed by atoms with van der Waals surface area (Å²) in [5.41, 5.74) is 2.82.